The van der Waals surface area contributed by atoms with E-state index in [-0.39, 0.29) is 23.7 Å². The molecule has 2 aromatic carbocycles. The summed E-state index contributed by atoms with van der Waals surface area (Å²) in [7, 11) is 0. The van der Waals surface area contributed by atoms with E-state index in [2.05, 4.69) is 21.2 Å². The average molecular weight is 314 g/mol. The van der Waals surface area contributed by atoms with Crippen LogP contribution in [-0.2, 0) is 0 Å². The molecule has 0 radical (unpaired) electrons. The van der Waals surface area contributed by atoms with Crippen LogP contribution in [0, 0.1) is 5.82 Å². The van der Waals surface area contributed by atoms with Crippen molar-refractivity contribution >= 4 is 27.3 Å². The van der Waals surface area contributed by atoms with E-state index < -0.39 is 16.7 Å². The molecule has 2 aromatic rings. The van der Waals surface area contributed by atoms with Crippen LogP contribution < -0.4 is 20.9 Å². The zero-order valence-electron chi connectivity index (χ0n) is 9.42. The van der Waals surface area contributed by atoms with Crippen molar-refractivity contribution in [3.05, 3.63) is 48.9 Å². The summed E-state index contributed by atoms with van der Waals surface area (Å²) in [5.74, 6) is -0.565. The first-order chi connectivity index (χ1) is 8.54. The first-order valence-electron chi connectivity index (χ1n) is 5.22. The maximum absolute atomic E-state index is 13.6. The fourth-order valence-corrected chi connectivity index (χ4v) is 1.83. The van der Waals surface area contributed by atoms with E-state index in [1.54, 1.807) is 13.0 Å². The largest absolute Gasteiger partial charge is 0.488 e. The number of anilines is 2. The van der Waals surface area contributed by atoms with Gasteiger partial charge in [0.25, 0.3) is 10.9 Å². The van der Waals surface area contributed by atoms with E-state index in [0.717, 1.165) is 0 Å². The van der Waals surface area contributed by atoms with Crippen molar-refractivity contribution in [2.24, 2.45) is 0 Å². The third kappa shape index (κ3) is 2.15. The smallest absolute Gasteiger partial charge is 0.272 e. The Kier molecular flexibility index (Phi) is 3.47. The lowest BCUT2D eigenvalue weighted by molar-refractivity contribution is 0.335. The number of nitrogens with one attached hydrogen (secondary N) is 1. The van der Waals surface area contributed by atoms with Gasteiger partial charge in [0, 0.05) is 4.47 Å². The standard InChI is InChI=1S/C12H9BrFNO3/c1-2-18-12-9(10(16)11(12)17)15-8-4-3-6(13)5-7(8)14/h3-5,15H,2H2,1H3. The van der Waals surface area contributed by atoms with Crippen LogP contribution >= 0.6 is 15.9 Å². The van der Waals surface area contributed by atoms with Crippen LogP contribution in [0.1, 0.15) is 6.92 Å². The summed E-state index contributed by atoms with van der Waals surface area (Å²) in [6.07, 6.45) is 0. The van der Waals surface area contributed by atoms with Crippen molar-refractivity contribution in [1.29, 1.82) is 0 Å². The van der Waals surface area contributed by atoms with E-state index in [1.807, 2.05) is 0 Å². The molecule has 0 unspecified atom stereocenters. The zero-order chi connectivity index (χ0) is 13.3. The number of ether oxygens (including phenoxy) is 1. The van der Waals surface area contributed by atoms with Crippen LogP contribution in [-0.4, -0.2) is 6.61 Å². The van der Waals surface area contributed by atoms with Crippen LogP contribution in [0.2, 0.25) is 0 Å². The molecule has 18 heavy (non-hydrogen) atoms. The Morgan fingerprint density at radius 1 is 1.33 bits per heavy atom. The highest BCUT2D eigenvalue weighted by Gasteiger charge is 2.23. The van der Waals surface area contributed by atoms with Gasteiger partial charge in [-0.3, -0.25) is 9.59 Å². The molecule has 0 aliphatic rings. The second-order valence-corrected chi connectivity index (χ2v) is 4.46. The SMILES string of the molecule is CCOc1c(Nc2ccc(Br)cc2F)c(=O)c1=O. The Bertz CT molecular complexity index is 662. The van der Waals surface area contributed by atoms with Crippen molar-refractivity contribution in [3.8, 4) is 5.75 Å². The summed E-state index contributed by atoms with van der Waals surface area (Å²) in [5, 5.41) is 2.58. The quantitative estimate of drug-likeness (QED) is 0.880. The minimum Gasteiger partial charge on any atom is -0.488 e. The summed E-state index contributed by atoms with van der Waals surface area (Å²) >= 11 is 3.13. The molecule has 94 valence electrons. The second-order valence-electron chi connectivity index (χ2n) is 3.54. The van der Waals surface area contributed by atoms with Crippen LogP contribution in [0.15, 0.2) is 32.3 Å². The molecular weight excluding hydrogens is 305 g/mol. The Balaban J connectivity index is 2.32. The molecule has 6 heteroatoms. The van der Waals surface area contributed by atoms with Gasteiger partial charge in [0.1, 0.15) is 11.5 Å². The average Bonchev–Trinajstić information content (AvgIpc) is 2.35. The molecule has 0 aliphatic heterocycles. The molecule has 0 saturated carbocycles. The van der Waals surface area contributed by atoms with Crippen LogP contribution in [0.3, 0.4) is 0 Å². The van der Waals surface area contributed by atoms with Gasteiger partial charge in [-0.15, -0.1) is 0 Å². The molecule has 0 heterocycles. The first-order valence-corrected chi connectivity index (χ1v) is 6.02. The molecule has 1 N–H and O–H groups in total. The predicted molar refractivity (Wildman–Crippen MR) is 69.9 cm³/mol. The number of hydrogen-bond donors (Lipinski definition) is 1. The van der Waals surface area contributed by atoms with Gasteiger partial charge in [-0.1, -0.05) is 15.9 Å². The van der Waals surface area contributed by atoms with Gasteiger partial charge in [-0.05, 0) is 25.1 Å². The lowest BCUT2D eigenvalue weighted by Gasteiger charge is -2.13. The normalized spacial score (nSPS) is 10.6. The summed E-state index contributed by atoms with van der Waals surface area (Å²) in [6.45, 7) is 1.96. The number of halogens is 2. The second kappa shape index (κ2) is 4.89. The van der Waals surface area contributed by atoms with Crippen LogP contribution in [0.4, 0.5) is 15.8 Å². The van der Waals surface area contributed by atoms with Crippen molar-refractivity contribution in [1.82, 2.24) is 0 Å². The Labute approximate surface area is 110 Å². The monoisotopic (exact) mass is 313 g/mol. The molecule has 0 aromatic heterocycles. The third-order valence-electron chi connectivity index (χ3n) is 2.35. The van der Waals surface area contributed by atoms with Crippen LogP contribution in [0.25, 0.3) is 0 Å². The highest BCUT2D eigenvalue weighted by atomic mass is 79.9. The van der Waals surface area contributed by atoms with Crippen molar-refractivity contribution < 1.29 is 9.13 Å². The molecule has 2 rings (SSSR count). The molecule has 4 nitrogen and oxygen atoms in total. The molecule has 0 spiro atoms. The Morgan fingerprint density at radius 3 is 2.67 bits per heavy atom. The minimum atomic E-state index is -0.694. The van der Waals surface area contributed by atoms with E-state index in [4.69, 9.17) is 4.74 Å². The minimum absolute atomic E-state index is 0.00284. The fraction of sp³-hybridized carbons (Fsp3) is 0.167. The lowest BCUT2D eigenvalue weighted by Crippen LogP contribution is -2.35. The molecule has 0 atom stereocenters. The van der Waals surface area contributed by atoms with Gasteiger partial charge >= 0.3 is 0 Å². The lowest BCUT2D eigenvalue weighted by atomic mass is 10.2. The summed E-state index contributed by atoms with van der Waals surface area (Å²) < 4.78 is 19.2. The zero-order valence-corrected chi connectivity index (χ0v) is 11.0. The Hall–Kier alpha value is -1.69. The summed E-state index contributed by atoms with van der Waals surface area (Å²) in [6, 6.07) is 4.34. The van der Waals surface area contributed by atoms with Gasteiger partial charge in [-0.2, -0.15) is 0 Å². The molecule has 0 aliphatic carbocycles. The van der Waals surface area contributed by atoms with E-state index in [1.165, 1.54) is 12.1 Å². The highest BCUT2D eigenvalue weighted by Crippen LogP contribution is 2.26. The van der Waals surface area contributed by atoms with E-state index >= 15 is 0 Å². The highest BCUT2D eigenvalue weighted by molar-refractivity contribution is 9.10. The molecule has 0 bridgehead atoms. The van der Waals surface area contributed by atoms with E-state index in [0.29, 0.717) is 4.47 Å². The van der Waals surface area contributed by atoms with Crippen molar-refractivity contribution in [2.45, 2.75) is 6.92 Å². The van der Waals surface area contributed by atoms with Gasteiger partial charge in [0.15, 0.2) is 5.75 Å². The maximum atomic E-state index is 13.6. The maximum Gasteiger partial charge on any atom is 0.272 e. The molecule has 0 fully saturated rings. The number of benzene rings is 1. The van der Waals surface area contributed by atoms with Gasteiger partial charge in [0.05, 0.1) is 12.3 Å². The summed E-state index contributed by atoms with van der Waals surface area (Å²) in [5.41, 5.74) is -1.26. The molecule has 0 saturated heterocycles. The van der Waals surface area contributed by atoms with Gasteiger partial charge in [0.2, 0.25) is 0 Å². The summed E-state index contributed by atoms with van der Waals surface area (Å²) in [4.78, 5) is 22.6. The molecule has 0 amide bonds. The van der Waals surface area contributed by atoms with Crippen molar-refractivity contribution in [3.63, 3.8) is 0 Å². The van der Waals surface area contributed by atoms with Crippen LogP contribution in [0.5, 0.6) is 5.75 Å². The van der Waals surface area contributed by atoms with E-state index in [9.17, 15) is 14.0 Å². The van der Waals surface area contributed by atoms with Gasteiger partial charge in [-0.25, -0.2) is 4.39 Å². The Morgan fingerprint density at radius 2 is 2.06 bits per heavy atom. The third-order valence-corrected chi connectivity index (χ3v) is 2.84. The van der Waals surface area contributed by atoms with Gasteiger partial charge < -0.3 is 10.1 Å². The first kappa shape index (κ1) is 12.8. The van der Waals surface area contributed by atoms with Crippen molar-refractivity contribution in [2.75, 3.05) is 11.9 Å². The predicted octanol–water partition coefficient (Wildman–Crippen LogP) is 2.33. The number of rotatable bonds is 4. The number of hydrogen-bond acceptors (Lipinski definition) is 4. The fourth-order valence-electron chi connectivity index (χ4n) is 1.49. The molecular formula is C12H9BrFNO3. The topological polar surface area (TPSA) is 55.4 Å².